The van der Waals surface area contributed by atoms with Crippen LogP contribution in [0.25, 0.3) is 10.8 Å². The highest BCUT2D eigenvalue weighted by Crippen LogP contribution is 2.47. The number of rotatable bonds is 6. The van der Waals surface area contributed by atoms with Gasteiger partial charge in [0, 0.05) is 10.9 Å². The zero-order valence-electron chi connectivity index (χ0n) is 13.1. The molecule has 0 aliphatic rings. The van der Waals surface area contributed by atoms with Gasteiger partial charge in [-0.05, 0) is 25.7 Å². The highest BCUT2D eigenvalue weighted by Gasteiger charge is 2.23. The summed E-state index contributed by atoms with van der Waals surface area (Å²) in [7, 11) is 0. The average Bonchev–Trinajstić information content (AvgIpc) is 2.50. The Hall–Kier alpha value is -2.43. The first-order valence-corrected chi connectivity index (χ1v) is 7.44. The van der Waals surface area contributed by atoms with Crippen LogP contribution in [-0.2, 0) is 6.42 Å². The number of hydrogen-bond acceptors (Lipinski definition) is 4. The Bertz CT molecular complexity index is 682. The molecule has 0 saturated heterocycles. The van der Waals surface area contributed by atoms with Crippen molar-refractivity contribution in [2.45, 2.75) is 27.2 Å². The zero-order valence-corrected chi connectivity index (χ0v) is 13.1. The molecule has 118 valence electrons. The second kappa shape index (κ2) is 7.02. The van der Waals surface area contributed by atoms with E-state index < -0.39 is 6.09 Å². The number of primary amides is 1. The van der Waals surface area contributed by atoms with Gasteiger partial charge >= 0.3 is 6.09 Å². The van der Waals surface area contributed by atoms with Gasteiger partial charge in [-0.15, -0.1) is 0 Å². The first-order chi connectivity index (χ1) is 10.6. The lowest BCUT2D eigenvalue weighted by Crippen LogP contribution is -2.18. The predicted molar refractivity (Wildman–Crippen MR) is 85.9 cm³/mol. The molecule has 2 rings (SSSR count). The fraction of sp³-hybridized carbons (Fsp3) is 0.353. The summed E-state index contributed by atoms with van der Waals surface area (Å²) in [5, 5.41) is 1.90. The van der Waals surface area contributed by atoms with Crippen LogP contribution in [0.15, 0.2) is 24.3 Å². The minimum absolute atomic E-state index is 0.256. The Morgan fingerprint density at radius 3 is 2.09 bits per heavy atom. The second-order valence-corrected chi connectivity index (χ2v) is 4.65. The van der Waals surface area contributed by atoms with Gasteiger partial charge in [0.2, 0.25) is 5.75 Å². The Morgan fingerprint density at radius 1 is 0.955 bits per heavy atom. The van der Waals surface area contributed by atoms with Gasteiger partial charge < -0.3 is 19.9 Å². The summed E-state index contributed by atoms with van der Waals surface area (Å²) in [6.07, 6.45) is -0.156. The summed E-state index contributed by atoms with van der Waals surface area (Å²) in [5.41, 5.74) is 6.19. The van der Waals surface area contributed by atoms with Crippen molar-refractivity contribution in [2.24, 2.45) is 5.73 Å². The van der Waals surface area contributed by atoms with Crippen molar-refractivity contribution >= 4 is 16.9 Å². The molecule has 5 nitrogen and oxygen atoms in total. The van der Waals surface area contributed by atoms with Crippen molar-refractivity contribution in [2.75, 3.05) is 13.2 Å². The SMILES string of the molecule is CCOc1c(OC(N)=O)c(OCC)c2ccccc2c1CC. The maximum atomic E-state index is 11.3. The number of ether oxygens (including phenoxy) is 3. The molecule has 0 fully saturated rings. The number of carbonyl (C=O) groups is 1. The third-order valence-electron chi connectivity index (χ3n) is 3.32. The van der Waals surface area contributed by atoms with Crippen molar-refractivity contribution in [1.29, 1.82) is 0 Å². The Balaban J connectivity index is 2.86. The Kier molecular flexibility index (Phi) is 5.09. The van der Waals surface area contributed by atoms with Crippen molar-refractivity contribution in [3.63, 3.8) is 0 Å². The predicted octanol–water partition coefficient (Wildman–Crippen LogP) is 3.66. The molecule has 0 unspecified atom stereocenters. The lowest BCUT2D eigenvalue weighted by Gasteiger charge is -2.20. The summed E-state index contributed by atoms with van der Waals surface area (Å²) in [6, 6.07) is 7.82. The van der Waals surface area contributed by atoms with Gasteiger partial charge in [-0.2, -0.15) is 0 Å². The van der Waals surface area contributed by atoms with E-state index in [1.54, 1.807) is 0 Å². The van der Waals surface area contributed by atoms with E-state index in [2.05, 4.69) is 0 Å². The summed E-state index contributed by atoms with van der Waals surface area (Å²) in [6.45, 7) is 6.67. The second-order valence-electron chi connectivity index (χ2n) is 4.65. The van der Waals surface area contributed by atoms with Gasteiger partial charge in [-0.1, -0.05) is 31.2 Å². The van der Waals surface area contributed by atoms with Crippen LogP contribution in [0.2, 0.25) is 0 Å². The number of aryl methyl sites for hydroxylation is 1. The number of amides is 1. The number of nitrogens with two attached hydrogens (primary N) is 1. The van der Waals surface area contributed by atoms with Gasteiger partial charge in [0.25, 0.3) is 0 Å². The van der Waals surface area contributed by atoms with Gasteiger partial charge in [-0.25, -0.2) is 4.79 Å². The first-order valence-electron chi connectivity index (χ1n) is 7.44. The molecule has 0 atom stereocenters. The van der Waals surface area contributed by atoms with Crippen molar-refractivity contribution in [1.82, 2.24) is 0 Å². The third-order valence-corrected chi connectivity index (χ3v) is 3.32. The smallest absolute Gasteiger partial charge is 0.410 e. The molecule has 0 aliphatic heterocycles. The molecule has 0 heterocycles. The molecule has 2 aromatic carbocycles. The van der Waals surface area contributed by atoms with Crippen LogP contribution < -0.4 is 19.9 Å². The number of hydrogen-bond donors (Lipinski definition) is 1. The van der Waals surface area contributed by atoms with Gasteiger partial charge in [0.05, 0.1) is 13.2 Å². The van der Waals surface area contributed by atoms with E-state index in [-0.39, 0.29) is 5.75 Å². The maximum absolute atomic E-state index is 11.3. The van der Waals surface area contributed by atoms with Gasteiger partial charge in [0.15, 0.2) is 11.5 Å². The van der Waals surface area contributed by atoms with Crippen LogP contribution in [0.1, 0.15) is 26.3 Å². The molecule has 0 radical (unpaired) electrons. The minimum Gasteiger partial charge on any atom is -0.489 e. The minimum atomic E-state index is -0.890. The molecule has 2 aromatic rings. The van der Waals surface area contributed by atoms with Crippen LogP contribution in [0, 0.1) is 0 Å². The maximum Gasteiger partial charge on any atom is 0.410 e. The van der Waals surface area contributed by atoms with Crippen LogP contribution in [-0.4, -0.2) is 19.3 Å². The van der Waals surface area contributed by atoms with Crippen LogP contribution >= 0.6 is 0 Å². The highest BCUT2D eigenvalue weighted by molar-refractivity contribution is 5.97. The van der Waals surface area contributed by atoms with Crippen molar-refractivity contribution in [3.8, 4) is 17.2 Å². The van der Waals surface area contributed by atoms with E-state index in [0.29, 0.717) is 24.7 Å². The largest absolute Gasteiger partial charge is 0.489 e. The Labute approximate surface area is 130 Å². The van der Waals surface area contributed by atoms with E-state index in [4.69, 9.17) is 19.9 Å². The van der Waals surface area contributed by atoms with Crippen LogP contribution in [0.3, 0.4) is 0 Å². The standard InChI is InChI=1S/C17H21NO4/c1-4-11-12-9-7-8-10-13(12)15(21-6-3)16(22-17(18)19)14(11)20-5-2/h7-10H,4-6H2,1-3H3,(H2,18,19). The molecule has 0 aromatic heterocycles. The molecule has 0 bridgehead atoms. The molecule has 0 saturated carbocycles. The molecular weight excluding hydrogens is 282 g/mol. The monoisotopic (exact) mass is 303 g/mol. The summed E-state index contributed by atoms with van der Waals surface area (Å²) in [4.78, 5) is 11.3. The highest BCUT2D eigenvalue weighted by atomic mass is 16.6. The molecule has 0 spiro atoms. The van der Waals surface area contributed by atoms with E-state index in [9.17, 15) is 4.79 Å². The quantitative estimate of drug-likeness (QED) is 0.884. The number of fused-ring (bicyclic) bond motifs is 1. The van der Waals surface area contributed by atoms with E-state index in [1.165, 1.54) is 0 Å². The normalized spacial score (nSPS) is 10.5. The first kappa shape index (κ1) is 15.9. The lowest BCUT2D eigenvalue weighted by molar-refractivity contribution is 0.203. The van der Waals surface area contributed by atoms with Crippen LogP contribution in [0.5, 0.6) is 17.2 Å². The topological polar surface area (TPSA) is 70.8 Å². The summed E-state index contributed by atoms with van der Waals surface area (Å²) < 4.78 is 16.7. The summed E-state index contributed by atoms with van der Waals surface area (Å²) >= 11 is 0. The average molecular weight is 303 g/mol. The lowest BCUT2D eigenvalue weighted by atomic mass is 9.99. The summed E-state index contributed by atoms with van der Waals surface area (Å²) in [5.74, 6) is 1.26. The molecular formula is C17H21NO4. The van der Waals surface area contributed by atoms with E-state index in [1.807, 2.05) is 45.0 Å². The molecule has 2 N–H and O–H groups in total. The zero-order chi connectivity index (χ0) is 16.1. The van der Waals surface area contributed by atoms with Gasteiger partial charge in [0.1, 0.15) is 0 Å². The molecule has 22 heavy (non-hydrogen) atoms. The Morgan fingerprint density at radius 2 is 1.55 bits per heavy atom. The fourth-order valence-corrected chi connectivity index (χ4v) is 2.56. The third kappa shape index (κ3) is 2.93. The molecule has 5 heteroatoms. The molecule has 0 aliphatic carbocycles. The molecule has 1 amide bonds. The van der Waals surface area contributed by atoms with Crippen molar-refractivity contribution < 1.29 is 19.0 Å². The van der Waals surface area contributed by atoms with Gasteiger partial charge in [-0.3, -0.25) is 0 Å². The van der Waals surface area contributed by atoms with E-state index >= 15 is 0 Å². The number of benzene rings is 2. The fourth-order valence-electron chi connectivity index (χ4n) is 2.56. The van der Waals surface area contributed by atoms with E-state index in [0.717, 1.165) is 22.8 Å². The van der Waals surface area contributed by atoms with Crippen LogP contribution in [0.4, 0.5) is 4.79 Å². The number of carbonyl (C=O) groups excluding carboxylic acids is 1. The van der Waals surface area contributed by atoms with Crippen molar-refractivity contribution in [3.05, 3.63) is 29.8 Å².